The van der Waals surface area contributed by atoms with E-state index in [1.54, 1.807) is 4.90 Å². The van der Waals surface area contributed by atoms with Gasteiger partial charge in [0.2, 0.25) is 21.8 Å². The minimum atomic E-state index is -3.58. The number of benzene rings is 1. The second-order valence-electron chi connectivity index (χ2n) is 5.21. The van der Waals surface area contributed by atoms with Gasteiger partial charge in [-0.2, -0.15) is 0 Å². The molecule has 0 radical (unpaired) electrons. The molecule has 1 aromatic carbocycles. The Morgan fingerprint density at radius 1 is 1.33 bits per heavy atom. The van der Waals surface area contributed by atoms with Crippen LogP contribution in [0.5, 0.6) is 0 Å². The smallest absolute Gasteiger partial charge is 0.238 e. The predicted molar refractivity (Wildman–Crippen MR) is 77.8 cm³/mol. The van der Waals surface area contributed by atoms with Gasteiger partial charge in [0.15, 0.2) is 0 Å². The zero-order valence-electron chi connectivity index (χ0n) is 11.8. The second-order valence-corrected chi connectivity index (χ2v) is 6.96. The molecule has 0 aromatic heterocycles. The third kappa shape index (κ3) is 4.56. The minimum absolute atomic E-state index is 0.0656. The summed E-state index contributed by atoms with van der Waals surface area (Å²) in [6.07, 6.45) is 1.71. The fourth-order valence-electron chi connectivity index (χ4n) is 2.34. The van der Waals surface area contributed by atoms with Crippen LogP contribution in [-0.2, 0) is 26.0 Å². The molecule has 114 valence electrons. The maximum atomic E-state index is 11.9. The summed E-state index contributed by atoms with van der Waals surface area (Å²) in [4.78, 5) is 25.2. The van der Waals surface area contributed by atoms with Crippen LogP contribution < -0.4 is 4.72 Å². The van der Waals surface area contributed by atoms with Crippen molar-refractivity contribution in [1.82, 2.24) is 9.62 Å². The van der Waals surface area contributed by atoms with Gasteiger partial charge in [0.1, 0.15) is 0 Å². The van der Waals surface area contributed by atoms with Crippen LogP contribution in [0.3, 0.4) is 0 Å². The summed E-state index contributed by atoms with van der Waals surface area (Å²) in [5.74, 6) is -1.31. The quantitative estimate of drug-likeness (QED) is 0.839. The number of sulfonamides is 1. The van der Waals surface area contributed by atoms with E-state index < -0.39 is 21.8 Å². The molecule has 1 atom stereocenters. The standard InChI is InChI=1S/C14H18N2O4S/c1-21(19,20)15-14(18)12-9-13(17)16(10-12)8-7-11-5-3-2-4-6-11/h2-6,12H,7-10H2,1H3,(H,15,18). The van der Waals surface area contributed by atoms with Crippen molar-refractivity contribution in [2.75, 3.05) is 19.3 Å². The molecule has 1 N–H and O–H groups in total. The average Bonchev–Trinajstić information content (AvgIpc) is 2.77. The number of carbonyl (C=O) groups is 2. The van der Waals surface area contributed by atoms with E-state index in [9.17, 15) is 18.0 Å². The highest BCUT2D eigenvalue weighted by Crippen LogP contribution is 2.18. The molecule has 2 rings (SSSR count). The van der Waals surface area contributed by atoms with Crippen LogP contribution in [-0.4, -0.2) is 44.5 Å². The molecule has 0 saturated carbocycles. The zero-order chi connectivity index (χ0) is 15.5. The monoisotopic (exact) mass is 310 g/mol. The van der Waals surface area contributed by atoms with E-state index in [1.807, 2.05) is 35.1 Å². The molecular formula is C14H18N2O4S. The van der Waals surface area contributed by atoms with Crippen LogP contribution in [0, 0.1) is 5.92 Å². The lowest BCUT2D eigenvalue weighted by Gasteiger charge is -2.16. The van der Waals surface area contributed by atoms with Crippen molar-refractivity contribution in [3.8, 4) is 0 Å². The van der Waals surface area contributed by atoms with Crippen LogP contribution in [0.4, 0.5) is 0 Å². The van der Waals surface area contributed by atoms with Crippen molar-refractivity contribution in [1.29, 1.82) is 0 Å². The lowest BCUT2D eigenvalue weighted by Crippen LogP contribution is -2.36. The molecule has 1 fully saturated rings. The lowest BCUT2D eigenvalue weighted by atomic mass is 10.1. The first-order valence-electron chi connectivity index (χ1n) is 6.68. The molecule has 1 heterocycles. The Hall–Kier alpha value is -1.89. The molecule has 1 unspecified atom stereocenters. The molecule has 0 aliphatic carbocycles. The molecule has 2 amide bonds. The summed E-state index contributed by atoms with van der Waals surface area (Å²) < 4.78 is 24.0. The van der Waals surface area contributed by atoms with Gasteiger partial charge in [0.25, 0.3) is 0 Å². The topological polar surface area (TPSA) is 83.5 Å². The number of hydrogen-bond donors (Lipinski definition) is 1. The van der Waals surface area contributed by atoms with Gasteiger partial charge in [-0.05, 0) is 12.0 Å². The molecule has 1 aliphatic rings. The highest BCUT2D eigenvalue weighted by molar-refractivity contribution is 7.89. The summed E-state index contributed by atoms with van der Waals surface area (Å²) in [6.45, 7) is 0.804. The lowest BCUT2D eigenvalue weighted by molar-refractivity contribution is -0.128. The van der Waals surface area contributed by atoms with Crippen molar-refractivity contribution in [2.45, 2.75) is 12.8 Å². The number of carbonyl (C=O) groups excluding carboxylic acids is 2. The fourth-order valence-corrected chi connectivity index (χ4v) is 2.87. The Morgan fingerprint density at radius 3 is 2.62 bits per heavy atom. The maximum Gasteiger partial charge on any atom is 0.238 e. The molecule has 6 nitrogen and oxygen atoms in total. The molecule has 0 bridgehead atoms. The highest BCUT2D eigenvalue weighted by atomic mass is 32.2. The van der Waals surface area contributed by atoms with Crippen LogP contribution in [0.25, 0.3) is 0 Å². The van der Waals surface area contributed by atoms with Gasteiger partial charge in [-0.15, -0.1) is 0 Å². The Morgan fingerprint density at radius 2 is 2.00 bits per heavy atom. The number of nitrogens with zero attached hydrogens (tertiary/aromatic N) is 1. The Labute approximate surface area is 124 Å². The van der Waals surface area contributed by atoms with Crippen molar-refractivity contribution in [3.05, 3.63) is 35.9 Å². The highest BCUT2D eigenvalue weighted by Gasteiger charge is 2.34. The predicted octanol–water partition coefficient (Wildman–Crippen LogP) is 0.153. The number of rotatable bonds is 5. The first-order valence-corrected chi connectivity index (χ1v) is 8.57. The summed E-state index contributed by atoms with van der Waals surface area (Å²) in [5.41, 5.74) is 1.12. The number of nitrogens with one attached hydrogen (secondary N) is 1. The third-order valence-corrected chi connectivity index (χ3v) is 3.96. The van der Waals surface area contributed by atoms with E-state index in [0.29, 0.717) is 13.0 Å². The van der Waals surface area contributed by atoms with E-state index in [-0.39, 0.29) is 18.9 Å². The van der Waals surface area contributed by atoms with Crippen LogP contribution >= 0.6 is 0 Å². The Balaban J connectivity index is 1.89. The van der Waals surface area contributed by atoms with E-state index >= 15 is 0 Å². The molecule has 21 heavy (non-hydrogen) atoms. The summed E-state index contributed by atoms with van der Waals surface area (Å²) in [5, 5.41) is 0. The summed E-state index contributed by atoms with van der Waals surface area (Å²) in [6, 6.07) is 9.76. The average molecular weight is 310 g/mol. The number of amides is 2. The van der Waals surface area contributed by atoms with Gasteiger partial charge < -0.3 is 4.90 Å². The first kappa shape index (κ1) is 15.5. The van der Waals surface area contributed by atoms with Gasteiger partial charge >= 0.3 is 0 Å². The normalized spacial score (nSPS) is 18.8. The van der Waals surface area contributed by atoms with Crippen molar-refractivity contribution >= 4 is 21.8 Å². The van der Waals surface area contributed by atoms with Gasteiger partial charge in [-0.25, -0.2) is 8.42 Å². The largest absolute Gasteiger partial charge is 0.342 e. The third-order valence-electron chi connectivity index (χ3n) is 3.38. The van der Waals surface area contributed by atoms with Crippen LogP contribution in [0.15, 0.2) is 30.3 Å². The molecular weight excluding hydrogens is 292 g/mol. The zero-order valence-corrected chi connectivity index (χ0v) is 12.6. The number of hydrogen-bond acceptors (Lipinski definition) is 4. The van der Waals surface area contributed by atoms with Gasteiger partial charge in [0.05, 0.1) is 12.2 Å². The maximum absolute atomic E-state index is 11.9. The van der Waals surface area contributed by atoms with Gasteiger partial charge in [0, 0.05) is 19.5 Å². The SMILES string of the molecule is CS(=O)(=O)NC(=O)C1CC(=O)N(CCc2ccccc2)C1. The van der Waals surface area contributed by atoms with E-state index in [2.05, 4.69) is 0 Å². The second kappa shape index (κ2) is 6.26. The molecule has 1 saturated heterocycles. The van der Waals surface area contributed by atoms with Gasteiger partial charge in [-0.1, -0.05) is 30.3 Å². The van der Waals surface area contributed by atoms with E-state index in [4.69, 9.17) is 0 Å². The van der Waals surface area contributed by atoms with Crippen LogP contribution in [0.1, 0.15) is 12.0 Å². The van der Waals surface area contributed by atoms with Crippen molar-refractivity contribution in [2.24, 2.45) is 5.92 Å². The fraction of sp³-hybridized carbons (Fsp3) is 0.429. The van der Waals surface area contributed by atoms with Gasteiger partial charge in [-0.3, -0.25) is 14.3 Å². The van der Waals surface area contributed by atoms with Crippen molar-refractivity contribution in [3.63, 3.8) is 0 Å². The van der Waals surface area contributed by atoms with Crippen molar-refractivity contribution < 1.29 is 18.0 Å². The first-order chi connectivity index (χ1) is 9.85. The molecule has 7 heteroatoms. The Kier molecular flexibility index (Phi) is 4.62. The molecule has 0 spiro atoms. The van der Waals surface area contributed by atoms with E-state index in [1.165, 1.54) is 0 Å². The minimum Gasteiger partial charge on any atom is -0.342 e. The molecule has 1 aliphatic heterocycles. The summed E-state index contributed by atoms with van der Waals surface area (Å²) in [7, 11) is -3.58. The number of likely N-dealkylation sites (tertiary alicyclic amines) is 1. The van der Waals surface area contributed by atoms with E-state index in [0.717, 1.165) is 11.8 Å². The summed E-state index contributed by atoms with van der Waals surface area (Å²) >= 11 is 0. The molecule has 1 aromatic rings. The Bertz CT molecular complexity index is 628. The van der Waals surface area contributed by atoms with Crippen LogP contribution in [0.2, 0.25) is 0 Å².